The third-order valence-electron chi connectivity index (χ3n) is 8.16. The fraction of sp³-hybridized carbons (Fsp3) is 0.600. The first kappa shape index (κ1) is 22.1. The number of aromatic hydroxyl groups is 1. The Kier molecular flexibility index (Phi) is 5.72. The molecule has 4 aliphatic carbocycles. The number of hydroxylamine groups is 1. The van der Waals surface area contributed by atoms with Gasteiger partial charge in [-0.3, -0.25) is 19.1 Å². The van der Waals surface area contributed by atoms with Crippen LogP contribution in [0.3, 0.4) is 0 Å². The molecule has 6 rings (SSSR count). The van der Waals surface area contributed by atoms with Crippen LogP contribution in [0.4, 0.5) is 0 Å². The highest BCUT2D eigenvalue weighted by atomic mass is 16.5. The molecule has 33 heavy (non-hydrogen) atoms. The SMILES string of the molecule is COc1ccccc1Cn1c(CCCC(=O)NO)c(O)n(C23CC4CC(CC(C4)C2)C3)c1=O. The fourth-order valence-corrected chi connectivity index (χ4v) is 7.23. The Morgan fingerprint density at radius 1 is 1.15 bits per heavy atom. The van der Waals surface area contributed by atoms with E-state index in [2.05, 4.69) is 0 Å². The van der Waals surface area contributed by atoms with Gasteiger partial charge in [0.05, 0.1) is 24.9 Å². The summed E-state index contributed by atoms with van der Waals surface area (Å²) in [5.41, 5.74) is 2.57. The number of carbonyl (C=O) groups is 1. The molecule has 0 spiro atoms. The normalized spacial score (nSPS) is 27.6. The van der Waals surface area contributed by atoms with Crippen LogP contribution in [0.1, 0.15) is 62.6 Å². The highest BCUT2D eigenvalue weighted by molar-refractivity contribution is 5.74. The Labute approximate surface area is 193 Å². The van der Waals surface area contributed by atoms with Crippen LogP contribution in [0.25, 0.3) is 0 Å². The van der Waals surface area contributed by atoms with Gasteiger partial charge in [0, 0.05) is 12.0 Å². The summed E-state index contributed by atoms with van der Waals surface area (Å²) < 4.78 is 8.85. The largest absolute Gasteiger partial charge is 0.496 e. The van der Waals surface area contributed by atoms with Crippen molar-refractivity contribution < 1.29 is 19.8 Å². The van der Waals surface area contributed by atoms with Crippen LogP contribution in [-0.2, 0) is 23.3 Å². The van der Waals surface area contributed by atoms with E-state index in [-0.39, 0.29) is 30.1 Å². The second kappa shape index (κ2) is 8.56. The third kappa shape index (κ3) is 3.84. The summed E-state index contributed by atoms with van der Waals surface area (Å²) in [4.78, 5) is 25.4. The lowest BCUT2D eigenvalue weighted by molar-refractivity contribution is -0.129. The average Bonchev–Trinajstić information content (AvgIpc) is 3.02. The summed E-state index contributed by atoms with van der Waals surface area (Å²) in [5.74, 6) is 2.16. The number of para-hydroxylation sites is 1. The number of benzene rings is 1. The Morgan fingerprint density at radius 2 is 1.79 bits per heavy atom. The monoisotopic (exact) mass is 455 g/mol. The molecule has 8 heteroatoms. The molecule has 1 aromatic heterocycles. The Bertz CT molecular complexity index is 1070. The predicted octanol–water partition coefficient (Wildman–Crippen LogP) is 3.17. The van der Waals surface area contributed by atoms with E-state index >= 15 is 0 Å². The van der Waals surface area contributed by atoms with E-state index < -0.39 is 5.91 Å². The van der Waals surface area contributed by atoms with Crippen LogP contribution < -0.4 is 15.9 Å². The molecule has 1 heterocycles. The van der Waals surface area contributed by atoms with Gasteiger partial charge in [-0.05, 0) is 75.2 Å². The van der Waals surface area contributed by atoms with Gasteiger partial charge in [0.1, 0.15) is 5.75 Å². The zero-order chi connectivity index (χ0) is 23.2. The zero-order valence-electron chi connectivity index (χ0n) is 19.1. The molecular formula is C25H33N3O5. The van der Waals surface area contributed by atoms with Gasteiger partial charge in [-0.25, -0.2) is 10.3 Å². The van der Waals surface area contributed by atoms with Gasteiger partial charge >= 0.3 is 5.69 Å². The van der Waals surface area contributed by atoms with Crippen molar-refractivity contribution in [3.63, 3.8) is 0 Å². The number of nitrogens with zero attached hydrogens (tertiary/aromatic N) is 2. The predicted molar refractivity (Wildman–Crippen MR) is 121 cm³/mol. The molecule has 0 unspecified atom stereocenters. The highest BCUT2D eigenvalue weighted by Gasteiger charge is 2.53. The van der Waals surface area contributed by atoms with Gasteiger partial charge < -0.3 is 9.84 Å². The minimum atomic E-state index is -0.478. The smallest absolute Gasteiger partial charge is 0.332 e. The van der Waals surface area contributed by atoms with Crippen LogP contribution in [0, 0.1) is 17.8 Å². The summed E-state index contributed by atoms with van der Waals surface area (Å²) in [6.45, 7) is 0.289. The summed E-state index contributed by atoms with van der Waals surface area (Å²) in [6, 6.07) is 7.58. The first-order valence-electron chi connectivity index (χ1n) is 12.0. The molecule has 4 aliphatic rings. The molecule has 4 bridgehead atoms. The molecule has 8 nitrogen and oxygen atoms in total. The number of carbonyl (C=O) groups excluding carboxylic acids is 1. The molecule has 1 aromatic carbocycles. The Hall–Kier alpha value is -2.74. The number of ether oxygens (including phenoxy) is 1. The number of amides is 1. The van der Waals surface area contributed by atoms with E-state index in [0.717, 1.165) is 24.8 Å². The first-order valence-corrected chi connectivity index (χ1v) is 12.0. The van der Waals surface area contributed by atoms with Gasteiger partial charge in [-0.2, -0.15) is 0 Å². The highest BCUT2D eigenvalue weighted by Crippen LogP contribution is 2.59. The number of methoxy groups -OCH3 is 1. The second-order valence-corrected chi connectivity index (χ2v) is 10.3. The molecule has 0 saturated heterocycles. The van der Waals surface area contributed by atoms with Crippen LogP contribution in [-0.4, -0.2) is 32.5 Å². The van der Waals surface area contributed by atoms with Gasteiger partial charge in [0.25, 0.3) is 0 Å². The van der Waals surface area contributed by atoms with Crippen LogP contribution in [0.5, 0.6) is 11.6 Å². The molecular weight excluding hydrogens is 422 g/mol. The van der Waals surface area contributed by atoms with E-state index in [9.17, 15) is 14.7 Å². The average molecular weight is 456 g/mol. The maximum Gasteiger partial charge on any atom is 0.332 e. The van der Waals surface area contributed by atoms with E-state index in [0.29, 0.717) is 42.0 Å². The van der Waals surface area contributed by atoms with Gasteiger partial charge in [0.15, 0.2) is 0 Å². The fourth-order valence-electron chi connectivity index (χ4n) is 7.23. The maximum atomic E-state index is 13.9. The standard InChI is InChI=1S/C25H33N3O5/c1-33-21-7-3-2-5-19(21)15-27-20(6-4-8-22(29)26-32)23(30)28(24(27)31)25-12-16-9-17(13-25)11-18(10-16)14-25/h2-3,5,7,16-18,30,32H,4,6,8-15H2,1H3,(H,26,29). The maximum absolute atomic E-state index is 13.9. The van der Waals surface area contributed by atoms with E-state index in [4.69, 9.17) is 9.94 Å². The lowest BCUT2D eigenvalue weighted by Gasteiger charge is -2.56. The third-order valence-corrected chi connectivity index (χ3v) is 8.16. The van der Waals surface area contributed by atoms with Gasteiger partial charge in [-0.15, -0.1) is 0 Å². The van der Waals surface area contributed by atoms with Gasteiger partial charge in [-0.1, -0.05) is 18.2 Å². The van der Waals surface area contributed by atoms with Crippen LogP contribution in [0.2, 0.25) is 0 Å². The topological polar surface area (TPSA) is 106 Å². The number of aromatic nitrogens is 2. The summed E-state index contributed by atoms with van der Waals surface area (Å²) in [5, 5.41) is 20.3. The Balaban J connectivity index is 1.55. The molecule has 0 atom stereocenters. The summed E-state index contributed by atoms with van der Waals surface area (Å²) >= 11 is 0. The van der Waals surface area contributed by atoms with Crippen molar-refractivity contribution in [3.8, 4) is 11.6 Å². The summed E-state index contributed by atoms with van der Waals surface area (Å²) in [6.07, 6.45) is 7.51. The van der Waals surface area contributed by atoms with E-state index in [1.807, 2.05) is 24.3 Å². The molecule has 0 radical (unpaired) electrons. The molecule has 4 fully saturated rings. The zero-order valence-corrected chi connectivity index (χ0v) is 19.1. The molecule has 0 aliphatic heterocycles. The second-order valence-electron chi connectivity index (χ2n) is 10.3. The minimum absolute atomic E-state index is 0.0428. The lowest BCUT2D eigenvalue weighted by atomic mass is 9.53. The minimum Gasteiger partial charge on any atom is -0.496 e. The lowest BCUT2D eigenvalue weighted by Crippen LogP contribution is -2.54. The molecule has 3 N–H and O–H groups in total. The quantitative estimate of drug-likeness (QED) is 0.419. The molecule has 4 saturated carbocycles. The summed E-state index contributed by atoms with van der Waals surface area (Å²) in [7, 11) is 1.61. The number of hydrogen-bond acceptors (Lipinski definition) is 5. The first-order chi connectivity index (χ1) is 15.9. The van der Waals surface area contributed by atoms with Gasteiger partial charge in [0.2, 0.25) is 11.8 Å². The molecule has 1 amide bonds. The number of nitrogens with one attached hydrogen (secondary N) is 1. The van der Waals surface area contributed by atoms with Crippen molar-refractivity contribution in [2.75, 3.05) is 7.11 Å². The molecule has 2 aromatic rings. The van der Waals surface area contributed by atoms with Crippen molar-refractivity contribution in [1.29, 1.82) is 0 Å². The number of imidazole rings is 1. The van der Waals surface area contributed by atoms with E-state index in [1.54, 1.807) is 21.7 Å². The van der Waals surface area contributed by atoms with Crippen molar-refractivity contribution in [2.45, 2.75) is 69.9 Å². The van der Waals surface area contributed by atoms with Crippen molar-refractivity contribution in [3.05, 3.63) is 46.0 Å². The molecule has 178 valence electrons. The number of hydrogen-bond donors (Lipinski definition) is 3. The van der Waals surface area contributed by atoms with E-state index in [1.165, 1.54) is 19.3 Å². The number of rotatable bonds is 8. The van der Waals surface area contributed by atoms with Crippen LogP contribution in [0.15, 0.2) is 29.1 Å². The van der Waals surface area contributed by atoms with Crippen molar-refractivity contribution in [1.82, 2.24) is 14.6 Å². The Morgan fingerprint density at radius 3 is 2.39 bits per heavy atom. The van der Waals surface area contributed by atoms with Crippen LogP contribution >= 0.6 is 0 Å². The van der Waals surface area contributed by atoms with Crippen molar-refractivity contribution in [2.24, 2.45) is 17.8 Å². The van der Waals surface area contributed by atoms with Crippen molar-refractivity contribution >= 4 is 5.91 Å².